The second-order valence-corrected chi connectivity index (χ2v) is 5.75. The number of nitro groups is 1. The van der Waals surface area contributed by atoms with Crippen molar-refractivity contribution in [2.24, 2.45) is 0 Å². The van der Waals surface area contributed by atoms with Crippen molar-refractivity contribution in [2.75, 3.05) is 6.54 Å². The van der Waals surface area contributed by atoms with Gasteiger partial charge in [0.1, 0.15) is 0 Å². The summed E-state index contributed by atoms with van der Waals surface area (Å²) in [5.41, 5.74) is 3.63. The van der Waals surface area contributed by atoms with Gasteiger partial charge in [-0.25, -0.2) is 0 Å². The van der Waals surface area contributed by atoms with Crippen molar-refractivity contribution >= 4 is 21.6 Å². The van der Waals surface area contributed by atoms with Gasteiger partial charge in [0.25, 0.3) is 5.69 Å². The molecule has 0 radical (unpaired) electrons. The number of aryl methyl sites for hydroxylation is 1. The molecule has 110 valence electrons. The highest BCUT2D eigenvalue weighted by Gasteiger charge is 2.11. The summed E-state index contributed by atoms with van der Waals surface area (Å²) in [5, 5.41) is 14.2. The lowest BCUT2D eigenvalue weighted by molar-refractivity contribution is -0.385. The van der Waals surface area contributed by atoms with Crippen LogP contribution in [0.4, 0.5) is 5.69 Å². The van der Waals surface area contributed by atoms with E-state index in [9.17, 15) is 10.1 Å². The molecule has 0 aromatic heterocycles. The summed E-state index contributed by atoms with van der Waals surface area (Å²) >= 11 is 3.19. The van der Waals surface area contributed by atoms with Crippen LogP contribution in [0.25, 0.3) is 0 Å². The topological polar surface area (TPSA) is 55.2 Å². The molecular weight excluding hydrogens is 332 g/mol. The van der Waals surface area contributed by atoms with Gasteiger partial charge in [-0.2, -0.15) is 0 Å². The van der Waals surface area contributed by atoms with Gasteiger partial charge in [0.15, 0.2) is 0 Å². The average molecular weight is 349 g/mol. The van der Waals surface area contributed by atoms with Crippen LogP contribution >= 0.6 is 15.9 Å². The second kappa shape index (κ2) is 7.33. The van der Waals surface area contributed by atoms with Gasteiger partial charge in [-0.15, -0.1) is 0 Å². The third kappa shape index (κ3) is 4.37. The first-order valence-electron chi connectivity index (χ1n) is 6.76. The Morgan fingerprint density at radius 1 is 1.24 bits per heavy atom. The van der Waals surface area contributed by atoms with Gasteiger partial charge < -0.3 is 5.32 Å². The van der Waals surface area contributed by atoms with Crippen molar-refractivity contribution in [3.63, 3.8) is 0 Å². The van der Waals surface area contributed by atoms with Crippen LogP contribution in [0.5, 0.6) is 0 Å². The normalized spacial score (nSPS) is 10.6. The first-order valence-corrected chi connectivity index (χ1v) is 7.55. The van der Waals surface area contributed by atoms with Crippen molar-refractivity contribution in [2.45, 2.75) is 19.9 Å². The van der Waals surface area contributed by atoms with Crippen LogP contribution < -0.4 is 5.32 Å². The molecule has 2 aromatic rings. The molecule has 4 nitrogen and oxygen atoms in total. The zero-order valence-electron chi connectivity index (χ0n) is 11.8. The van der Waals surface area contributed by atoms with Gasteiger partial charge in [0, 0.05) is 12.6 Å². The molecule has 2 aromatic carbocycles. The van der Waals surface area contributed by atoms with Gasteiger partial charge >= 0.3 is 0 Å². The number of benzene rings is 2. The van der Waals surface area contributed by atoms with Crippen LogP contribution in [-0.2, 0) is 13.0 Å². The predicted octanol–water partition coefficient (Wildman–Crippen LogP) is 4.00. The van der Waals surface area contributed by atoms with Crippen molar-refractivity contribution in [3.8, 4) is 0 Å². The Hall–Kier alpha value is -1.72. The molecule has 0 fully saturated rings. The molecule has 0 amide bonds. The van der Waals surface area contributed by atoms with E-state index in [0.717, 1.165) is 18.5 Å². The highest BCUT2D eigenvalue weighted by Crippen LogP contribution is 2.25. The van der Waals surface area contributed by atoms with E-state index in [-0.39, 0.29) is 10.6 Å². The lowest BCUT2D eigenvalue weighted by atomic mass is 10.1. The van der Waals surface area contributed by atoms with Crippen molar-refractivity contribution < 1.29 is 4.92 Å². The highest BCUT2D eigenvalue weighted by molar-refractivity contribution is 9.10. The van der Waals surface area contributed by atoms with Gasteiger partial charge in [0.05, 0.1) is 9.40 Å². The fourth-order valence-corrected chi connectivity index (χ4v) is 2.55. The molecule has 0 aliphatic rings. The Morgan fingerprint density at radius 2 is 2.00 bits per heavy atom. The largest absolute Gasteiger partial charge is 0.312 e. The molecule has 0 bridgehead atoms. The van der Waals surface area contributed by atoms with E-state index < -0.39 is 0 Å². The molecule has 21 heavy (non-hydrogen) atoms. The molecule has 0 aliphatic carbocycles. The molecule has 2 rings (SSSR count). The lowest BCUT2D eigenvalue weighted by Gasteiger charge is -2.07. The molecule has 1 N–H and O–H groups in total. The monoisotopic (exact) mass is 348 g/mol. The summed E-state index contributed by atoms with van der Waals surface area (Å²) in [4.78, 5) is 10.5. The lowest BCUT2D eigenvalue weighted by Crippen LogP contribution is -2.17. The van der Waals surface area contributed by atoms with Crippen molar-refractivity contribution in [1.82, 2.24) is 5.32 Å². The zero-order chi connectivity index (χ0) is 15.2. The van der Waals surface area contributed by atoms with E-state index in [1.807, 2.05) is 18.2 Å². The summed E-state index contributed by atoms with van der Waals surface area (Å²) in [7, 11) is 0. The summed E-state index contributed by atoms with van der Waals surface area (Å²) in [6.45, 7) is 3.57. The third-order valence-corrected chi connectivity index (χ3v) is 4.04. The van der Waals surface area contributed by atoms with Crippen LogP contribution in [0, 0.1) is 17.0 Å². The number of nitrogens with one attached hydrogen (secondary N) is 1. The Morgan fingerprint density at radius 3 is 2.71 bits per heavy atom. The Labute approximate surface area is 132 Å². The number of halogens is 1. The zero-order valence-corrected chi connectivity index (χ0v) is 13.4. The second-order valence-electron chi connectivity index (χ2n) is 4.90. The van der Waals surface area contributed by atoms with E-state index in [1.54, 1.807) is 12.1 Å². The third-order valence-electron chi connectivity index (χ3n) is 3.37. The summed E-state index contributed by atoms with van der Waals surface area (Å²) < 4.78 is 0.510. The maximum atomic E-state index is 10.9. The Bertz CT molecular complexity index is 644. The number of nitro benzene ring substituents is 1. The first-order chi connectivity index (χ1) is 10.1. The maximum Gasteiger partial charge on any atom is 0.283 e. The minimum Gasteiger partial charge on any atom is -0.312 e. The first kappa shape index (κ1) is 15.7. The molecular formula is C16H17BrN2O2. The fraction of sp³-hybridized carbons (Fsp3) is 0.250. The molecule has 0 spiro atoms. The van der Waals surface area contributed by atoms with Crippen LogP contribution in [-0.4, -0.2) is 11.5 Å². The Balaban J connectivity index is 1.88. The predicted molar refractivity (Wildman–Crippen MR) is 87.4 cm³/mol. The van der Waals surface area contributed by atoms with E-state index in [2.05, 4.69) is 40.3 Å². The van der Waals surface area contributed by atoms with Crippen LogP contribution in [0.2, 0.25) is 0 Å². The van der Waals surface area contributed by atoms with Crippen LogP contribution in [0.1, 0.15) is 16.7 Å². The summed E-state index contributed by atoms with van der Waals surface area (Å²) in [6.07, 6.45) is 0.950. The summed E-state index contributed by atoms with van der Waals surface area (Å²) in [5.74, 6) is 0. The molecule has 5 heteroatoms. The van der Waals surface area contributed by atoms with Crippen LogP contribution in [0.15, 0.2) is 46.9 Å². The van der Waals surface area contributed by atoms with Crippen LogP contribution in [0.3, 0.4) is 0 Å². The smallest absolute Gasteiger partial charge is 0.283 e. The standard InChI is InChI=1S/C16H17BrN2O2/c1-12-4-2-3-5-14(12)8-9-18-11-13-6-7-15(17)16(10-13)19(20)21/h2-7,10,18H,8-9,11H2,1H3. The Kier molecular flexibility index (Phi) is 5.47. The van der Waals surface area contributed by atoms with Gasteiger partial charge in [-0.05, 0) is 58.6 Å². The number of hydrogen-bond donors (Lipinski definition) is 1. The highest BCUT2D eigenvalue weighted by atomic mass is 79.9. The fourth-order valence-electron chi connectivity index (χ4n) is 2.15. The SMILES string of the molecule is Cc1ccccc1CCNCc1ccc(Br)c([N+](=O)[O-])c1. The molecule has 0 atom stereocenters. The number of nitrogens with zero attached hydrogens (tertiary/aromatic N) is 1. The summed E-state index contributed by atoms with van der Waals surface area (Å²) in [6, 6.07) is 13.5. The average Bonchev–Trinajstić information content (AvgIpc) is 2.46. The minimum absolute atomic E-state index is 0.105. The van der Waals surface area contributed by atoms with Crippen molar-refractivity contribution in [1.29, 1.82) is 0 Å². The van der Waals surface area contributed by atoms with E-state index in [1.165, 1.54) is 11.1 Å². The van der Waals surface area contributed by atoms with Gasteiger partial charge in [-0.1, -0.05) is 30.3 Å². The van der Waals surface area contributed by atoms with E-state index in [0.29, 0.717) is 11.0 Å². The minimum atomic E-state index is -0.374. The quantitative estimate of drug-likeness (QED) is 0.487. The van der Waals surface area contributed by atoms with Crippen molar-refractivity contribution in [3.05, 3.63) is 73.7 Å². The van der Waals surface area contributed by atoms with E-state index >= 15 is 0 Å². The number of rotatable bonds is 6. The molecule has 0 saturated heterocycles. The number of hydrogen-bond acceptors (Lipinski definition) is 3. The molecule has 0 unspecified atom stereocenters. The maximum absolute atomic E-state index is 10.9. The van der Waals surface area contributed by atoms with Gasteiger partial charge in [-0.3, -0.25) is 10.1 Å². The molecule has 0 aliphatic heterocycles. The molecule has 0 saturated carbocycles. The van der Waals surface area contributed by atoms with Gasteiger partial charge in [0.2, 0.25) is 0 Å². The molecule has 0 heterocycles. The van der Waals surface area contributed by atoms with E-state index in [4.69, 9.17) is 0 Å².